The van der Waals surface area contributed by atoms with Gasteiger partial charge in [-0.25, -0.2) is 0 Å². The lowest BCUT2D eigenvalue weighted by Crippen LogP contribution is -2.39. The van der Waals surface area contributed by atoms with Crippen molar-refractivity contribution in [2.45, 2.75) is 38.8 Å². The molecule has 1 aromatic carbocycles. The number of hydrogen-bond acceptors (Lipinski definition) is 3. The standard InChI is InChI=1S/C19H24N2O2S/c1-2-15-7-9-16(10-8-15)20-19(24)21(13-17-5-3-11-22-17)14-18-6-4-12-23-18/h3,5,7-11,18H,2,4,6,12-14H2,1H3,(H,20,24). The number of nitrogens with one attached hydrogen (secondary N) is 1. The minimum absolute atomic E-state index is 0.238. The molecular weight excluding hydrogens is 320 g/mol. The van der Waals surface area contributed by atoms with Crippen LogP contribution in [-0.4, -0.2) is 29.3 Å². The number of ether oxygens (including phenoxy) is 1. The van der Waals surface area contributed by atoms with Crippen LogP contribution in [0.5, 0.6) is 0 Å². The van der Waals surface area contributed by atoms with Gasteiger partial charge in [0.15, 0.2) is 5.11 Å². The lowest BCUT2D eigenvalue weighted by molar-refractivity contribution is 0.0892. The molecule has 0 radical (unpaired) electrons. The van der Waals surface area contributed by atoms with Gasteiger partial charge in [-0.1, -0.05) is 19.1 Å². The van der Waals surface area contributed by atoms with Crippen molar-refractivity contribution < 1.29 is 9.15 Å². The van der Waals surface area contributed by atoms with Crippen LogP contribution in [0.3, 0.4) is 0 Å². The van der Waals surface area contributed by atoms with Crippen LogP contribution in [0.4, 0.5) is 5.69 Å². The van der Waals surface area contributed by atoms with Gasteiger partial charge in [-0.3, -0.25) is 0 Å². The quantitative estimate of drug-likeness (QED) is 0.794. The number of furan rings is 1. The van der Waals surface area contributed by atoms with Crippen molar-refractivity contribution in [1.29, 1.82) is 0 Å². The highest BCUT2D eigenvalue weighted by Crippen LogP contribution is 2.17. The van der Waals surface area contributed by atoms with E-state index >= 15 is 0 Å². The van der Waals surface area contributed by atoms with Crippen molar-refractivity contribution in [3.63, 3.8) is 0 Å². The van der Waals surface area contributed by atoms with Gasteiger partial charge in [-0.15, -0.1) is 0 Å². The number of thiocarbonyl (C=S) groups is 1. The zero-order valence-corrected chi connectivity index (χ0v) is 14.8. The molecule has 0 amide bonds. The monoisotopic (exact) mass is 344 g/mol. The van der Waals surface area contributed by atoms with Crippen LogP contribution in [0.1, 0.15) is 31.1 Å². The van der Waals surface area contributed by atoms with Gasteiger partial charge >= 0.3 is 0 Å². The molecule has 5 heteroatoms. The maximum Gasteiger partial charge on any atom is 0.173 e. The summed E-state index contributed by atoms with van der Waals surface area (Å²) in [5, 5.41) is 4.04. The largest absolute Gasteiger partial charge is 0.467 e. The first-order valence-corrected chi connectivity index (χ1v) is 8.94. The Morgan fingerprint density at radius 1 is 1.29 bits per heavy atom. The fourth-order valence-electron chi connectivity index (χ4n) is 2.87. The second kappa shape index (κ2) is 8.31. The van der Waals surface area contributed by atoms with Gasteiger partial charge in [-0.2, -0.15) is 0 Å². The van der Waals surface area contributed by atoms with Crippen molar-refractivity contribution in [3.8, 4) is 0 Å². The molecule has 1 fully saturated rings. The summed E-state index contributed by atoms with van der Waals surface area (Å²) in [4.78, 5) is 2.12. The van der Waals surface area contributed by atoms with Crippen LogP contribution in [0.2, 0.25) is 0 Å². The summed E-state index contributed by atoms with van der Waals surface area (Å²) in [7, 11) is 0. The lowest BCUT2D eigenvalue weighted by atomic mass is 10.1. The van der Waals surface area contributed by atoms with E-state index in [4.69, 9.17) is 21.4 Å². The van der Waals surface area contributed by atoms with Gasteiger partial charge in [0, 0.05) is 18.8 Å². The van der Waals surface area contributed by atoms with Gasteiger partial charge in [0.05, 0.1) is 18.9 Å². The van der Waals surface area contributed by atoms with Crippen molar-refractivity contribution in [2.75, 3.05) is 18.5 Å². The first-order valence-electron chi connectivity index (χ1n) is 8.53. The molecule has 0 saturated carbocycles. The summed E-state index contributed by atoms with van der Waals surface area (Å²) in [6.07, 6.45) is 5.18. The molecule has 3 rings (SSSR count). The highest BCUT2D eigenvalue weighted by molar-refractivity contribution is 7.80. The Bertz CT molecular complexity index is 634. The predicted molar refractivity (Wildman–Crippen MR) is 100 cm³/mol. The number of aryl methyl sites for hydroxylation is 1. The number of hydrogen-bond donors (Lipinski definition) is 1. The van der Waals surface area contributed by atoms with Crippen LogP contribution in [0, 0.1) is 0 Å². The zero-order valence-electron chi connectivity index (χ0n) is 14.0. The number of rotatable bonds is 6. The summed E-state index contributed by atoms with van der Waals surface area (Å²) in [6.45, 7) is 4.42. The Kier molecular flexibility index (Phi) is 5.88. The van der Waals surface area contributed by atoms with Crippen molar-refractivity contribution >= 4 is 23.0 Å². The average Bonchev–Trinajstić information content (AvgIpc) is 3.29. The first kappa shape index (κ1) is 17.0. The van der Waals surface area contributed by atoms with Crippen LogP contribution in [0.25, 0.3) is 0 Å². The van der Waals surface area contributed by atoms with Crippen LogP contribution in [-0.2, 0) is 17.7 Å². The Morgan fingerprint density at radius 2 is 2.12 bits per heavy atom. The van der Waals surface area contributed by atoms with E-state index in [9.17, 15) is 0 Å². The van der Waals surface area contributed by atoms with E-state index in [2.05, 4.69) is 41.4 Å². The van der Waals surface area contributed by atoms with Gasteiger partial charge in [0.25, 0.3) is 0 Å². The van der Waals surface area contributed by atoms with E-state index in [1.165, 1.54) is 5.56 Å². The second-order valence-corrected chi connectivity index (χ2v) is 6.46. The van der Waals surface area contributed by atoms with Crippen LogP contribution >= 0.6 is 12.2 Å². The maximum absolute atomic E-state index is 5.77. The molecule has 24 heavy (non-hydrogen) atoms. The Balaban J connectivity index is 1.66. The summed E-state index contributed by atoms with van der Waals surface area (Å²) >= 11 is 5.64. The number of benzene rings is 1. The Hall–Kier alpha value is -1.85. The minimum Gasteiger partial charge on any atom is -0.467 e. The third-order valence-corrected chi connectivity index (χ3v) is 4.64. The average molecular weight is 344 g/mol. The molecule has 1 aromatic heterocycles. The van der Waals surface area contributed by atoms with E-state index < -0.39 is 0 Å². The molecule has 0 bridgehead atoms. The molecule has 1 aliphatic rings. The molecule has 1 N–H and O–H groups in total. The predicted octanol–water partition coefficient (Wildman–Crippen LogP) is 4.22. The van der Waals surface area contributed by atoms with Crippen LogP contribution < -0.4 is 5.32 Å². The van der Waals surface area contributed by atoms with Gasteiger partial charge in [0.2, 0.25) is 0 Å². The Labute approximate surface area is 148 Å². The van der Waals surface area contributed by atoms with E-state index in [0.717, 1.165) is 43.9 Å². The SMILES string of the molecule is CCc1ccc(NC(=S)N(Cc2ccco2)CC2CCCO2)cc1. The molecule has 0 spiro atoms. The van der Waals surface area contributed by atoms with E-state index in [-0.39, 0.29) is 6.10 Å². The van der Waals surface area contributed by atoms with E-state index in [1.807, 2.05) is 12.1 Å². The molecule has 2 aromatic rings. The minimum atomic E-state index is 0.238. The summed E-state index contributed by atoms with van der Waals surface area (Å²) < 4.78 is 11.3. The van der Waals surface area contributed by atoms with E-state index in [0.29, 0.717) is 11.7 Å². The third kappa shape index (κ3) is 4.58. The van der Waals surface area contributed by atoms with Crippen molar-refractivity contribution in [2.24, 2.45) is 0 Å². The molecule has 0 aliphatic carbocycles. The molecule has 1 atom stereocenters. The first-order chi connectivity index (χ1) is 11.7. The highest BCUT2D eigenvalue weighted by Gasteiger charge is 2.21. The van der Waals surface area contributed by atoms with Gasteiger partial charge in [0.1, 0.15) is 5.76 Å². The number of nitrogens with zero attached hydrogens (tertiary/aromatic N) is 1. The number of anilines is 1. The smallest absolute Gasteiger partial charge is 0.173 e. The summed E-state index contributed by atoms with van der Waals surface area (Å²) in [5.74, 6) is 0.901. The molecule has 128 valence electrons. The van der Waals surface area contributed by atoms with Gasteiger partial charge < -0.3 is 19.4 Å². The molecule has 4 nitrogen and oxygen atoms in total. The Morgan fingerprint density at radius 3 is 2.75 bits per heavy atom. The fraction of sp³-hybridized carbons (Fsp3) is 0.421. The van der Waals surface area contributed by atoms with Gasteiger partial charge in [-0.05, 0) is 61.3 Å². The summed E-state index contributed by atoms with van der Waals surface area (Å²) in [6, 6.07) is 12.3. The molecular formula is C19H24N2O2S. The van der Waals surface area contributed by atoms with E-state index in [1.54, 1.807) is 6.26 Å². The second-order valence-electron chi connectivity index (χ2n) is 6.08. The van der Waals surface area contributed by atoms with Crippen molar-refractivity contribution in [1.82, 2.24) is 4.90 Å². The maximum atomic E-state index is 5.77. The topological polar surface area (TPSA) is 37.6 Å². The molecule has 1 aliphatic heterocycles. The van der Waals surface area contributed by atoms with Crippen molar-refractivity contribution in [3.05, 3.63) is 54.0 Å². The normalized spacial score (nSPS) is 17.0. The zero-order chi connectivity index (χ0) is 16.8. The van der Waals surface area contributed by atoms with Crippen LogP contribution in [0.15, 0.2) is 47.1 Å². The molecule has 1 unspecified atom stereocenters. The summed E-state index contributed by atoms with van der Waals surface area (Å²) in [5.41, 5.74) is 2.33. The fourth-order valence-corrected chi connectivity index (χ4v) is 3.13. The molecule has 1 saturated heterocycles. The lowest BCUT2D eigenvalue weighted by Gasteiger charge is -2.27. The molecule has 2 heterocycles. The highest BCUT2D eigenvalue weighted by atomic mass is 32.1. The third-order valence-electron chi connectivity index (χ3n) is 4.28.